The van der Waals surface area contributed by atoms with Crippen molar-refractivity contribution in [3.63, 3.8) is 0 Å². The molecule has 0 radical (unpaired) electrons. The van der Waals surface area contributed by atoms with Gasteiger partial charge in [-0.2, -0.15) is 0 Å². The fourth-order valence-corrected chi connectivity index (χ4v) is 3.75. The lowest BCUT2D eigenvalue weighted by Gasteiger charge is -2.12. The van der Waals surface area contributed by atoms with Crippen molar-refractivity contribution in [2.24, 2.45) is 0 Å². The summed E-state index contributed by atoms with van der Waals surface area (Å²) in [7, 11) is -1.30. The fraction of sp³-hybridized carbons (Fsp3) is 0.263. The Bertz CT molecular complexity index is 843. The molecular formula is C19H20ClNO4S. The summed E-state index contributed by atoms with van der Waals surface area (Å²) < 4.78 is 17.1. The second-order valence-electron chi connectivity index (χ2n) is 5.69. The Morgan fingerprint density at radius 3 is 2.54 bits per heavy atom. The lowest BCUT2D eigenvalue weighted by atomic mass is 10.1. The molecule has 0 spiro atoms. The van der Waals surface area contributed by atoms with E-state index in [1.807, 2.05) is 19.9 Å². The summed E-state index contributed by atoms with van der Waals surface area (Å²) >= 11 is 6.15. The van der Waals surface area contributed by atoms with Gasteiger partial charge in [-0.1, -0.05) is 36.7 Å². The number of esters is 1. The molecule has 2 aromatic carbocycles. The Morgan fingerprint density at radius 2 is 1.88 bits per heavy atom. The predicted molar refractivity (Wildman–Crippen MR) is 103 cm³/mol. The molecular weight excluding hydrogens is 374 g/mol. The highest BCUT2D eigenvalue weighted by Crippen LogP contribution is 2.27. The number of anilines is 1. The molecule has 0 aliphatic carbocycles. The monoisotopic (exact) mass is 393 g/mol. The number of hydrogen-bond acceptors (Lipinski definition) is 4. The van der Waals surface area contributed by atoms with Crippen molar-refractivity contribution in [1.82, 2.24) is 0 Å². The number of carbonyl (C=O) groups excluding carboxylic acids is 2. The Morgan fingerprint density at radius 1 is 1.19 bits per heavy atom. The van der Waals surface area contributed by atoms with Gasteiger partial charge in [0.2, 0.25) is 0 Å². The van der Waals surface area contributed by atoms with Gasteiger partial charge >= 0.3 is 5.97 Å². The smallest absolute Gasteiger partial charge is 0.339 e. The van der Waals surface area contributed by atoms with E-state index in [1.54, 1.807) is 31.2 Å². The van der Waals surface area contributed by atoms with E-state index in [4.69, 9.17) is 16.3 Å². The molecule has 2 aromatic rings. The van der Waals surface area contributed by atoms with Crippen LogP contribution in [0.3, 0.4) is 0 Å². The summed E-state index contributed by atoms with van der Waals surface area (Å²) in [4.78, 5) is 24.8. The van der Waals surface area contributed by atoms with E-state index in [0.29, 0.717) is 21.4 Å². The van der Waals surface area contributed by atoms with Crippen LogP contribution in [0.15, 0.2) is 41.3 Å². The number of benzene rings is 2. The Labute approximate surface area is 160 Å². The number of nitrogens with one attached hydrogen (secondary N) is 1. The van der Waals surface area contributed by atoms with Crippen LogP contribution in [0.25, 0.3) is 0 Å². The van der Waals surface area contributed by atoms with E-state index in [2.05, 4.69) is 5.32 Å². The maximum absolute atomic E-state index is 12.3. The van der Waals surface area contributed by atoms with Crippen LogP contribution in [-0.2, 0) is 20.3 Å². The molecule has 1 amide bonds. The molecule has 0 fully saturated rings. The number of rotatable bonds is 6. The topological polar surface area (TPSA) is 72.5 Å². The largest absolute Gasteiger partial charge is 0.452 e. The van der Waals surface area contributed by atoms with Crippen LogP contribution < -0.4 is 5.32 Å². The third kappa shape index (κ3) is 4.93. The van der Waals surface area contributed by atoms with Crippen molar-refractivity contribution in [3.8, 4) is 0 Å². The standard InChI is InChI=1S/C19H20ClNO4S/c1-4-26(24)16-8-6-5-7-14(16)19(23)25-11-17(22)21-18-13(3)9-12(2)10-15(18)20/h5-10H,4,11H2,1-3H3,(H,21,22)/t26-/m1/s1. The van der Waals surface area contributed by atoms with Crippen LogP contribution in [0.4, 0.5) is 5.69 Å². The third-order valence-electron chi connectivity index (χ3n) is 3.64. The quantitative estimate of drug-likeness (QED) is 0.756. The molecule has 0 aliphatic rings. The highest BCUT2D eigenvalue weighted by atomic mass is 35.5. The van der Waals surface area contributed by atoms with Gasteiger partial charge in [0.25, 0.3) is 5.91 Å². The molecule has 0 saturated carbocycles. The summed E-state index contributed by atoms with van der Waals surface area (Å²) in [5, 5.41) is 3.08. The van der Waals surface area contributed by atoms with E-state index < -0.39 is 29.3 Å². The maximum Gasteiger partial charge on any atom is 0.339 e. The van der Waals surface area contributed by atoms with Gasteiger partial charge < -0.3 is 10.1 Å². The average molecular weight is 394 g/mol. The average Bonchev–Trinajstić information content (AvgIpc) is 2.62. The highest BCUT2D eigenvalue weighted by molar-refractivity contribution is 7.85. The van der Waals surface area contributed by atoms with Crippen LogP contribution in [0.1, 0.15) is 28.4 Å². The van der Waals surface area contributed by atoms with E-state index in [9.17, 15) is 13.8 Å². The van der Waals surface area contributed by atoms with E-state index in [0.717, 1.165) is 11.1 Å². The number of hydrogen-bond donors (Lipinski definition) is 1. The van der Waals surface area contributed by atoms with Crippen molar-refractivity contribution in [2.45, 2.75) is 25.7 Å². The SMILES string of the molecule is CC[S@@](=O)c1ccccc1C(=O)OCC(=O)Nc1c(C)cc(C)cc1Cl. The first kappa shape index (κ1) is 20.1. The number of halogens is 1. The van der Waals surface area contributed by atoms with E-state index in [-0.39, 0.29) is 5.56 Å². The number of aryl methyl sites for hydroxylation is 2. The van der Waals surface area contributed by atoms with Gasteiger partial charge in [-0.3, -0.25) is 9.00 Å². The predicted octanol–water partition coefficient (Wildman–Crippen LogP) is 3.88. The van der Waals surface area contributed by atoms with Crippen molar-refractivity contribution in [3.05, 3.63) is 58.1 Å². The molecule has 0 unspecified atom stereocenters. The van der Waals surface area contributed by atoms with Gasteiger partial charge in [-0.15, -0.1) is 0 Å². The van der Waals surface area contributed by atoms with Crippen molar-refractivity contribution in [1.29, 1.82) is 0 Å². The van der Waals surface area contributed by atoms with E-state index >= 15 is 0 Å². The van der Waals surface area contributed by atoms with Crippen LogP contribution >= 0.6 is 11.6 Å². The fourth-order valence-electron chi connectivity index (χ4n) is 2.45. The summed E-state index contributed by atoms with van der Waals surface area (Å²) in [6.07, 6.45) is 0. The van der Waals surface area contributed by atoms with Gasteiger partial charge in [0.15, 0.2) is 6.61 Å². The number of amides is 1. The first-order valence-electron chi connectivity index (χ1n) is 8.04. The third-order valence-corrected chi connectivity index (χ3v) is 5.31. The zero-order chi connectivity index (χ0) is 19.3. The summed E-state index contributed by atoms with van der Waals surface area (Å²) in [6.45, 7) is 5.04. The second-order valence-corrected chi connectivity index (χ2v) is 7.81. The molecule has 0 bridgehead atoms. The van der Waals surface area contributed by atoms with Crippen LogP contribution in [-0.4, -0.2) is 28.4 Å². The molecule has 138 valence electrons. The Balaban J connectivity index is 2.05. The van der Waals surface area contributed by atoms with Gasteiger partial charge in [-0.05, 0) is 43.2 Å². The zero-order valence-corrected chi connectivity index (χ0v) is 16.4. The first-order valence-corrected chi connectivity index (χ1v) is 9.74. The maximum atomic E-state index is 12.3. The molecule has 5 nitrogen and oxygen atoms in total. The zero-order valence-electron chi connectivity index (χ0n) is 14.8. The molecule has 26 heavy (non-hydrogen) atoms. The number of carbonyl (C=O) groups is 2. The second kappa shape index (κ2) is 8.96. The Hall–Kier alpha value is -2.18. The van der Waals surface area contributed by atoms with Crippen molar-refractivity contribution in [2.75, 3.05) is 17.7 Å². The van der Waals surface area contributed by atoms with Crippen LogP contribution in [0, 0.1) is 13.8 Å². The molecule has 7 heteroatoms. The summed E-state index contributed by atoms with van der Waals surface area (Å²) in [5.74, 6) is -0.804. The minimum atomic E-state index is -1.30. The van der Waals surface area contributed by atoms with Crippen molar-refractivity contribution < 1.29 is 18.5 Å². The van der Waals surface area contributed by atoms with Crippen LogP contribution in [0.5, 0.6) is 0 Å². The minimum Gasteiger partial charge on any atom is -0.452 e. The molecule has 1 atom stereocenters. The van der Waals surface area contributed by atoms with Crippen molar-refractivity contribution >= 4 is 40.0 Å². The van der Waals surface area contributed by atoms with Gasteiger partial charge in [0.1, 0.15) is 0 Å². The lowest BCUT2D eigenvalue weighted by Crippen LogP contribution is -2.22. The molecule has 1 N–H and O–H groups in total. The molecule has 0 aromatic heterocycles. The van der Waals surface area contributed by atoms with E-state index in [1.165, 1.54) is 6.07 Å². The molecule has 0 heterocycles. The highest BCUT2D eigenvalue weighted by Gasteiger charge is 2.18. The minimum absolute atomic E-state index is 0.199. The molecule has 0 aliphatic heterocycles. The number of ether oxygens (including phenoxy) is 1. The first-order chi connectivity index (χ1) is 12.3. The van der Waals surface area contributed by atoms with Gasteiger partial charge in [-0.25, -0.2) is 4.79 Å². The van der Waals surface area contributed by atoms with Crippen LogP contribution in [0.2, 0.25) is 5.02 Å². The summed E-state index contributed by atoms with van der Waals surface area (Å²) in [5.41, 5.74) is 2.49. The normalized spacial score (nSPS) is 11.7. The molecule has 2 rings (SSSR count). The lowest BCUT2D eigenvalue weighted by molar-refractivity contribution is -0.119. The summed E-state index contributed by atoms with van der Waals surface area (Å²) in [6, 6.07) is 10.1. The molecule has 0 saturated heterocycles. The van der Waals surface area contributed by atoms with Gasteiger partial charge in [0.05, 0.1) is 32.0 Å². The van der Waals surface area contributed by atoms with Gasteiger partial charge in [0, 0.05) is 5.75 Å². The Kier molecular flexibility index (Phi) is 6.94.